The Hall–Kier alpha value is -1.59. The number of aromatic nitrogens is 2. The van der Waals surface area contributed by atoms with E-state index in [4.69, 9.17) is 23.8 Å². The van der Waals surface area contributed by atoms with Crippen LogP contribution in [-0.2, 0) is 7.05 Å². The van der Waals surface area contributed by atoms with E-state index in [0.29, 0.717) is 10.1 Å². The highest BCUT2D eigenvalue weighted by Crippen LogP contribution is 2.19. The molecule has 2 rings (SSSR count). The lowest BCUT2D eigenvalue weighted by atomic mass is 10.3. The molecule has 1 aromatic carbocycles. The minimum atomic E-state index is 0.515. The number of hydrogen-bond acceptors (Lipinski definition) is 2. The number of halogens is 1. The zero-order valence-corrected chi connectivity index (χ0v) is 12.6. The second-order valence-electron chi connectivity index (χ2n) is 4.26. The van der Waals surface area contributed by atoms with Crippen molar-refractivity contribution in [1.82, 2.24) is 9.78 Å². The van der Waals surface area contributed by atoms with Crippen LogP contribution in [0.15, 0.2) is 24.3 Å². The summed E-state index contributed by atoms with van der Waals surface area (Å²) in [6.45, 7) is 3.93. The summed E-state index contributed by atoms with van der Waals surface area (Å²) < 4.78 is 1.82. The van der Waals surface area contributed by atoms with Gasteiger partial charge < -0.3 is 10.6 Å². The molecule has 0 saturated carbocycles. The van der Waals surface area contributed by atoms with E-state index in [-0.39, 0.29) is 0 Å². The standard InChI is InChI=1S/C13H15ClN4S/c1-8-12(9(2)18(3)17-8)16-13(19)15-11-6-4-5-10(14)7-11/h4-7H,1-3H3,(H2,15,16,19). The molecule has 2 N–H and O–H groups in total. The quantitative estimate of drug-likeness (QED) is 0.832. The highest BCUT2D eigenvalue weighted by atomic mass is 35.5. The zero-order chi connectivity index (χ0) is 14.0. The van der Waals surface area contributed by atoms with E-state index in [9.17, 15) is 0 Å². The van der Waals surface area contributed by atoms with Gasteiger partial charge in [-0.05, 0) is 44.3 Å². The highest BCUT2D eigenvalue weighted by molar-refractivity contribution is 7.80. The Bertz CT molecular complexity index is 621. The smallest absolute Gasteiger partial charge is 0.175 e. The number of anilines is 2. The summed E-state index contributed by atoms with van der Waals surface area (Å²) >= 11 is 11.2. The third kappa shape index (κ3) is 3.24. The summed E-state index contributed by atoms with van der Waals surface area (Å²) in [5.41, 5.74) is 3.73. The maximum Gasteiger partial charge on any atom is 0.175 e. The van der Waals surface area contributed by atoms with Crippen molar-refractivity contribution in [3.63, 3.8) is 0 Å². The Kier molecular flexibility index (Phi) is 4.07. The minimum absolute atomic E-state index is 0.515. The molecular weight excluding hydrogens is 280 g/mol. The minimum Gasteiger partial charge on any atom is -0.332 e. The highest BCUT2D eigenvalue weighted by Gasteiger charge is 2.10. The Morgan fingerprint density at radius 3 is 2.63 bits per heavy atom. The van der Waals surface area contributed by atoms with Crippen molar-refractivity contribution in [2.75, 3.05) is 10.6 Å². The topological polar surface area (TPSA) is 41.9 Å². The van der Waals surface area contributed by atoms with E-state index in [1.165, 1.54) is 0 Å². The number of thiocarbonyl (C=S) groups is 1. The molecule has 0 bridgehead atoms. The van der Waals surface area contributed by atoms with Crippen LogP contribution in [0.5, 0.6) is 0 Å². The van der Waals surface area contributed by atoms with Gasteiger partial charge in [0.15, 0.2) is 5.11 Å². The third-order valence-electron chi connectivity index (χ3n) is 2.83. The zero-order valence-electron chi connectivity index (χ0n) is 11.0. The van der Waals surface area contributed by atoms with Crippen LogP contribution < -0.4 is 10.6 Å². The van der Waals surface area contributed by atoms with Crippen molar-refractivity contribution in [3.05, 3.63) is 40.7 Å². The molecule has 6 heteroatoms. The number of nitrogens with one attached hydrogen (secondary N) is 2. The van der Waals surface area contributed by atoms with Crippen molar-refractivity contribution in [2.24, 2.45) is 7.05 Å². The normalized spacial score (nSPS) is 10.3. The van der Waals surface area contributed by atoms with E-state index in [0.717, 1.165) is 22.8 Å². The SMILES string of the molecule is Cc1nn(C)c(C)c1NC(=S)Nc1cccc(Cl)c1. The Balaban J connectivity index is 2.09. The monoisotopic (exact) mass is 294 g/mol. The van der Waals surface area contributed by atoms with Gasteiger partial charge in [0, 0.05) is 17.8 Å². The van der Waals surface area contributed by atoms with Crippen LogP contribution in [0, 0.1) is 13.8 Å². The van der Waals surface area contributed by atoms with Gasteiger partial charge in [0.2, 0.25) is 0 Å². The second kappa shape index (κ2) is 5.59. The summed E-state index contributed by atoms with van der Waals surface area (Å²) in [5, 5.41) is 11.8. The molecule has 0 amide bonds. The lowest BCUT2D eigenvalue weighted by Crippen LogP contribution is -2.19. The van der Waals surface area contributed by atoms with E-state index in [1.807, 2.05) is 49.8 Å². The first kappa shape index (κ1) is 13.8. The third-order valence-corrected chi connectivity index (χ3v) is 3.27. The van der Waals surface area contributed by atoms with Gasteiger partial charge in [-0.25, -0.2) is 0 Å². The van der Waals surface area contributed by atoms with Crippen molar-refractivity contribution in [1.29, 1.82) is 0 Å². The van der Waals surface area contributed by atoms with E-state index in [1.54, 1.807) is 0 Å². The molecule has 100 valence electrons. The molecule has 0 aliphatic rings. The Morgan fingerprint density at radius 2 is 2.05 bits per heavy atom. The fourth-order valence-electron chi connectivity index (χ4n) is 1.80. The molecule has 0 saturated heterocycles. The maximum atomic E-state index is 5.93. The average molecular weight is 295 g/mol. The Labute approximate surface area is 122 Å². The first-order valence-electron chi connectivity index (χ1n) is 5.81. The molecule has 1 heterocycles. The van der Waals surface area contributed by atoms with Gasteiger partial charge in [-0.15, -0.1) is 0 Å². The summed E-state index contributed by atoms with van der Waals surface area (Å²) in [6.07, 6.45) is 0. The molecule has 0 fully saturated rings. The van der Waals surface area contributed by atoms with E-state index >= 15 is 0 Å². The molecule has 1 aromatic heterocycles. The predicted octanol–water partition coefficient (Wildman–Crippen LogP) is 3.50. The molecule has 0 atom stereocenters. The summed E-state index contributed by atoms with van der Waals surface area (Å²) in [4.78, 5) is 0. The van der Waals surface area contributed by atoms with Crippen LogP contribution in [0.4, 0.5) is 11.4 Å². The van der Waals surface area contributed by atoms with Crippen molar-refractivity contribution in [2.45, 2.75) is 13.8 Å². The van der Waals surface area contributed by atoms with E-state index < -0.39 is 0 Å². The van der Waals surface area contributed by atoms with Gasteiger partial charge in [0.25, 0.3) is 0 Å². The lowest BCUT2D eigenvalue weighted by Gasteiger charge is -2.11. The summed E-state index contributed by atoms with van der Waals surface area (Å²) in [6, 6.07) is 7.41. The molecule has 4 nitrogen and oxygen atoms in total. The molecule has 19 heavy (non-hydrogen) atoms. The van der Waals surface area contributed by atoms with Gasteiger partial charge in [-0.1, -0.05) is 17.7 Å². The maximum absolute atomic E-state index is 5.93. The number of benzene rings is 1. The van der Waals surface area contributed by atoms with E-state index in [2.05, 4.69) is 15.7 Å². The van der Waals surface area contributed by atoms with Gasteiger partial charge >= 0.3 is 0 Å². The number of rotatable bonds is 2. The van der Waals surface area contributed by atoms with Gasteiger partial charge in [0.1, 0.15) is 0 Å². The molecule has 0 aliphatic carbocycles. The molecular formula is C13H15ClN4S. The average Bonchev–Trinajstić information content (AvgIpc) is 2.56. The summed E-state index contributed by atoms with van der Waals surface area (Å²) in [5.74, 6) is 0. The van der Waals surface area contributed by atoms with Gasteiger partial charge in [-0.2, -0.15) is 5.10 Å². The first-order valence-corrected chi connectivity index (χ1v) is 6.60. The molecule has 0 spiro atoms. The van der Waals surface area contributed by atoms with Crippen LogP contribution in [0.2, 0.25) is 5.02 Å². The van der Waals surface area contributed by atoms with Gasteiger partial charge in [0.05, 0.1) is 17.1 Å². The first-order chi connectivity index (χ1) is 8.97. The second-order valence-corrected chi connectivity index (χ2v) is 5.10. The number of aryl methyl sites for hydroxylation is 2. The van der Waals surface area contributed by atoms with Crippen molar-refractivity contribution >= 4 is 40.3 Å². The fourth-order valence-corrected chi connectivity index (χ4v) is 2.21. The Morgan fingerprint density at radius 1 is 1.32 bits per heavy atom. The van der Waals surface area contributed by atoms with Crippen LogP contribution in [-0.4, -0.2) is 14.9 Å². The molecule has 0 unspecified atom stereocenters. The van der Waals surface area contributed by atoms with Crippen LogP contribution in [0.3, 0.4) is 0 Å². The number of nitrogens with zero attached hydrogens (tertiary/aromatic N) is 2. The van der Waals surface area contributed by atoms with Crippen molar-refractivity contribution in [3.8, 4) is 0 Å². The molecule has 0 radical (unpaired) electrons. The van der Waals surface area contributed by atoms with Crippen LogP contribution in [0.1, 0.15) is 11.4 Å². The largest absolute Gasteiger partial charge is 0.332 e. The summed E-state index contributed by atoms with van der Waals surface area (Å²) in [7, 11) is 1.90. The van der Waals surface area contributed by atoms with Crippen LogP contribution >= 0.6 is 23.8 Å². The fraction of sp³-hybridized carbons (Fsp3) is 0.231. The van der Waals surface area contributed by atoms with Gasteiger partial charge in [-0.3, -0.25) is 4.68 Å². The molecule has 0 aliphatic heterocycles. The van der Waals surface area contributed by atoms with Crippen molar-refractivity contribution < 1.29 is 0 Å². The number of hydrogen-bond donors (Lipinski definition) is 2. The molecule has 2 aromatic rings. The lowest BCUT2D eigenvalue weighted by molar-refractivity contribution is 0.731. The van der Waals surface area contributed by atoms with Crippen LogP contribution in [0.25, 0.3) is 0 Å². The predicted molar refractivity (Wildman–Crippen MR) is 84.0 cm³/mol.